The number of aliphatic hydroxyl groups excluding tert-OH is 1. The molecule has 48 heteroatoms. The Kier molecular flexibility index (Phi) is 57.3. The molecule has 4 rings (SSSR count). The number of primary amides is 3. The van der Waals surface area contributed by atoms with E-state index < -0.39 is 222 Å². The van der Waals surface area contributed by atoms with Crippen LogP contribution in [-0.4, -0.2) is 288 Å². The number of likely N-dealkylation sites (tertiary alicyclic amines) is 2. The van der Waals surface area contributed by atoms with Gasteiger partial charge in [-0.1, -0.05) is 125 Å². The molecule has 0 bridgehead atoms. The number of Topliss-reactive ketones (excluding diaryl/α,β-unsaturated/α-hetero) is 1. The van der Waals surface area contributed by atoms with Crippen LogP contribution in [0.5, 0.6) is 0 Å². The first kappa shape index (κ1) is 122. The van der Waals surface area contributed by atoms with Crippen LogP contribution < -0.4 is 109 Å². The maximum Gasteiger partial charge on any atom is 0.245 e. The standard InChI is InChI=1S/C94H162N28O19S/c1-10-11-12-13-14-15-16-17-18-19-20-21-22-23-24-36-76(127)109-57(6)80(129)111-64(32-27-41-105-93(99)100)84(133)118-70(46-55(2)3)92(141)122-44-30-35-72(122)88(137)113-65(33-28-42-106-94(101)102)83(132)115-67(50-75(97)126)73(124)47-60(39-45-142-9)82(131)119-77(56(4)5)89(138)117-69(49-62-52-104-54-108-62)87(136)116-68(48-61-51-103-53-107-61)86(135)112-63(31-25-26-40-95)85(134)120-78(59(8)123)90(139)110-58(7)81(130)114-66(37-38-74(96)125)91(140)121-43-29-34-71(121)79(98)128/h51-60,63-72,77-78,123H,10-50,95H2,1-9H3,(H2,96,125)(H2,97,126)(H2,98,128)(H,103,107)(H,104,108)(H,109,127)(H,110,139)(H,111,129)(H,112,135)(H,113,137)(H,114,130)(H,115,132)(H,116,136)(H,117,138)(H,118,133)(H,119,131)(H,120,134)(H4,99,100,105)(H4,101,102,106)/t57-,58-,59+,60+,63-,64-,65-,66-,67-,68-,69-,70-,71-,72-,77-,78-/m0/s1. The average molecular weight is 2020 g/mol. The summed E-state index contributed by atoms with van der Waals surface area (Å²) in [5.74, 6) is -18.1. The van der Waals surface area contributed by atoms with Crippen LogP contribution in [0.2, 0.25) is 0 Å². The summed E-state index contributed by atoms with van der Waals surface area (Å²) in [5, 5.41) is 63.3. The van der Waals surface area contributed by atoms with Crippen LogP contribution in [-0.2, 0) is 99.1 Å². The molecule has 31 N–H and O–H groups in total. The highest BCUT2D eigenvalue weighted by molar-refractivity contribution is 7.98. The van der Waals surface area contributed by atoms with Crippen molar-refractivity contribution in [3.63, 3.8) is 0 Å². The zero-order valence-corrected chi connectivity index (χ0v) is 85.0. The summed E-state index contributed by atoms with van der Waals surface area (Å²) in [6.07, 6.45) is 22.0. The van der Waals surface area contributed by atoms with E-state index in [1.54, 1.807) is 20.1 Å². The van der Waals surface area contributed by atoms with Crippen LogP contribution in [0.25, 0.3) is 0 Å². The fraction of sp³-hybridized carbons (Fsp3) is 0.723. The van der Waals surface area contributed by atoms with E-state index in [9.17, 15) is 91.4 Å². The first-order chi connectivity index (χ1) is 67.5. The minimum Gasteiger partial charge on any atom is -0.391 e. The first-order valence-corrected chi connectivity index (χ1v) is 51.5. The summed E-state index contributed by atoms with van der Waals surface area (Å²) in [5.41, 5.74) is 34.1. The number of ketones is 1. The number of carbonyl (C=O) groups excluding carboxylic acids is 18. The third kappa shape index (κ3) is 46.3. The number of carbonyl (C=O) groups is 18. The van der Waals surface area contributed by atoms with Gasteiger partial charge in [-0.15, -0.1) is 0 Å². The Morgan fingerprint density at radius 1 is 0.444 bits per heavy atom. The van der Waals surface area contributed by atoms with E-state index in [0.29, 0.717) is 25.7 Å². The van der Waals surface area contributed by atoms with Gasteiger partial charge in [-0.2, -0.15) is 11.8 Å². The molecule has 2 fully saturated rings. The Morgan fingerprint density at radius 2 is 0.873 bits per heavy atom. The molecule has 47 nitrogen and oxygen atoms in total. The largest absolute Gasteiger partial charge is 0.391 e. The molecule has 2 aromatic rings. The molecule has 2 aromatic heterocycles. The first-order valence-electron chi connectivity index (χ1n) is 50.1. The summed E-state index contributed by atoms with van der Waals surface area (Å²) < 4.78 is 0. The van der Waals surface area contributed by atoms with E-state index in [0.717, 1.165) is 32.6 Å². The highest BCUT2D eigenvalue weighted by Crippen LogP contribution is 2.25. The summed E-state index contributed by atoms with van der Waals surface area (Å²) in [6, 6.07) is -20.0. The topological polar surface area (TPSA) is 764 Å². The number of rotatable bonds is 73. The summed E-state index contributed by atoms with van der Waals surface area (Å²) in [4.78, 5) is 270. The fourth-order valence-corrected chi connectivity index (χ4v) is 17.3. The van der Waals surface area contributed by atoms with E-state index in [1.807, 2.05) is 13.8 Å². The number of hydrogen-bond donors (Lipinski definition) is 25. The van der Waals surface area contributed by atoms with Gasteiger partial charge in [-0.25, -0.2) is 9.97 Å². The van der Waals surface area contributed by atoms with Crippen molar-refractivity contribution in [1.29, 1.82) is 10.8 Å². The smallest absolute Gasteiger partial charge is 0.245 e. The van der Waals surface area contributed by atoms with Crippen molar-refractivity contribution >= 4 is 130 Å². The van der Waals surface area contributed by atoms with Crippen molar-refractivity contribution in [2.45, 2.75) is 371 Å². The highest BCUT2D eigenvalue weighted by atomic mass is 32.2. The van der Waals surface area contributed by atoms with Crippen molar-refractivity contribution in [3.8, 4) is 0 Å². The molecule has 16 atom stereocenters. The summed E-state index contributed by atoms with van der Waals surface area (Å²) in [6.45, 7) is 13.4. The third-order valence-corrected chi connectivity index (χ3v) is 25.4. The minimum atomic E-state index is -1.81. The Morgan fingerprint density at radius 3 is 1.35 bits per heavy atom. The molecule has 4 heterocycles. The number of imidazole rings is 2. The number of nitrogens with zero attached hydrogens (tertiary/aromatic N) is 4. The van der Waals surface area contributed by atoms with Crippen molar-refractivity contribution in [2.75, 3.05) is 44.7 Å². The predicted octanol–water partition coefficient (Wildman–Crippen LogP) is -1.29. The van der Waals surface area contributed by atoms with Gasteiger partial charge >= 0.3 is 0 Å². The number of H-pyrrole nitrogens is 2. The second-order valence-electron chi connectivity index (χ2n) is 37.7. The minimum absolute atomic E-state index is 0.00373. The lowest BCUT2D eigenvalue weighted by molar-refractivity contribution is -0.143. The molecule has 0 aromatic carbocycles. The lowest BCUT2D eigenvalue weighted by Crippen LogP contribution is -2.62. The summed E-state index contributed by atoms with van der Waals surface area (Å²) in [7, 11) is 0. The number of hydrogen-bond acceptors (Lipinski definition) is 25. The van der Waals surface area contributed by atoms with Crippen LogP contribution in [0.1, 0.15) is 279 Å². The third-order valence-electron chi connectivity index (χ3n) is 24.8. The number of unbranched alkanes of at least 4 members (excludes halogenated alkanes) is 15. The molecule has 0 aliphatic carbocycles. The van der Waals surface area contributed by atoms with Gasteiger partial charge < -0.3 is 134 Å². The normalized spacial score (nSPS) is 16.4. The van der Waals surface area contributed by atoms with Gasteiger partial charge in [0.2, 0.25) is 100 Å². The van der Waals surface area contributed by atoms with Gasteiger partial charge in [0.1, 0.15) is 78.5 Å². The van der Waals surface area contributed by atoms with Gasteiger partial charge in [0.15, 0.2) is 17.7 Å². The molecule has 2 aliphatic heterocycles. The van der Waals surface area contributed by atoms with Crippen LogP contribution in [0.4, 0.5) is 0 Å². The van der Waals surface area contributed by atoms with Gasteiger partial charge in [0, 0.05) is 76.6 Å². The predicted molar refractivity (Wildman–Crippen MR) is 533 cm³/mol. The number of nitrogens with one attached hydrogen (secondary N) is 18. The lowest BCUT2D eigenvalue weighted by atomic mass is 9.92. The quantitative estimate of drug-likeness (QED) is 0.0208. The zero-order chi connectivity index (χ0) is 106. The monoisotopic (exact) mass is 2020 g/mol. The number of aliphatic hydroxyl groups is 1. The van der Waals surface area contributed by atoms with Crippen LogP contribution in [0.3, 0.4) is 0 Å². The van der Waals surface area contributed by atoms with Crippen molar-refractivity contribution < 1.29 is 91.4 Å². The lowest BCUT2D eigenvalue weighted by Gasteiger charge is -2.31. The molecular weight excluding hydrogens is 1860 g/mol. The average Bonchev–Trinajstić information content (AvgIpc) is 1.77. The number of aromatic nitrogens is 4. The van der Waals surface area contributed by atoms with Gasteiger partial charge in [-0.05, 0) is 147 Å². The number of thioether (sulfide) groups is 1. The van der Waals surface area contributed by atoms with Gasteiger partial charge in [-0.3, -0.25) is 97.1 Å². The molecule has 2 aliphatic rings. The van der Waals surface area contributed by atoms with Crippen LogP contribution in [0, 0.1) is 28.6 Å². The van der Waals surface area contributed by atoms with E-state index in [1.165, 1.54) is 125 Å². The van der Waals surface area contributed by atoms with Gasteiger partial charge in [0.05, 0.1) is 42.6 Å². The number of nitrogens with two attached hydrogens (primary N) is 6. The summed E-state index contributed by atoms with van der Waals surface area (Å²) >= 11 is 1.30. The highest BCUT2D eigenvalue weighted by Gasteiger charge is 2.44. The second-order valence-corrected chi connectivity index (χ2v) is 38.7. The SMILES string of the molecule is CCCCCCCCCCCCCCCCCC(=O)N[C@@H](C)C(=O)N[C@@H](CCCNC(=N)N)C(=O)N[C@@H](CC(C)C)C(=O)N1CCC[C@H]1C(=O)N[C@@H](CCCNC(=N)N)C(=O)N[C@@H](CC(N)=O)C(=O)C[C@@H](CCSC)C(=O)N[C@H](C(=O)N[C@@H](Cc1c[nH]cn1)C(=O)N[C@@H](Cc1c[nH]cn1)C(=O)N[C@@H](CCCCN)C(=O)N[C@H](C(=O)N[C@@H](C)C(=O)N[C@@H](CCC(N)=O)C(=O)N1CCC[C@H]1C(N)=O)[C@@H](C)O)C(C)C. The van der Waals surface area contributed by atoms with E-state index in [2.05, 4.69) is 101 Å². The second kappa shape index (κ2) is 66.6. The zero-order valence-electron chi connectivity index (χ0n) is 84.1. The molecule has 798 valence electrons. The Balaban J connectivity index is 1.54. The van der Waals surface area contributed by atoms with E-state index >= 15 is 0 Å². The molecule has 17 amide bonds. The fourth-order valence-electron chi connectivity index (χ4n) is 16.8. The molecule has 2 saturated heterocycles. The Labute approximate surface area is 836 Å². The van der Waals surface area contributed by atoms with Crippen LogP contribution in [0.15, 0.2) is 25.0 Å². The Hall–Kier alpha value is -12.1. The molecule has 0 spiro atoms. The van der Waals surface area contributed by atoms with Crippen molar-refractivity contribution in [3.05, 3.63) is 36.4 Å². The molecule has 142 heavy (non-hydrogen) atoms. The Bertz CT molecular complexity index is 4370. The van der Waals surface area contributed by atoms with Crippen molar-refractivity contribution in [2.24, 2.45) is 52.2 Å². The van der Waals surface area contributed by atoms with E-state index in [-0.39, 0.29) is 164 Å². The number of guanidine groups is 2. The molecule has 0 saturated carbocycles. The molecular formula is C94H162N28O19S. The molecule has 0 radical (unpaired) electrons. The molecule has 0 unspecified atom stereocenters. The maximum atomic E-state index is 15.0. The van der Waals surface area contributed by atoms with Gasteiger partial charge in [0.25, 0.3) is 0 Å². The van der Waals surface area contributed by atoms with E-state index in [4.69, 9.17) is 45.2 Å². The van der Waals surface area contributed by atoms with Crippen molar-refractivity contribution in [1.82, 2.24) is 104 Å². The van der Waals surface area contributed by atoms with Crippen LogP contribution >= 0.6 is 11.8 Å². The number of amides is 17. The maximum absolute atomic E-state index is 15.0. The number of aromatic amines is 2.